The lowest BCUT2D eigenvalue weighted by atomic mass is 9.85. The molecule has 0 radical (unpaired) electrons. The molecule has 0 aromatic heterocycles. The number of aliphatic imine (C=N–C) groups is 1. The largest absolute Gasteiger partial charge is 0.376 e. The van der Waals surface area contributed by atoms with Crippen LogP contribution < -0.4 is 0 Å². The third-order valence-electron chi connectivity index (χ3n) is 6.77. The summed E-state index contributed by atoms with van der Waals surface area (Å²) in [6.07, 6.45) is 11.4. The Morgan fingerprint density at radius 1 is 1.26 bits per heavy atom. The van der Waals surface area contributed by atoms with Gasteiger partial charge in [-0.25, -0.2) is 0 Å². The lowest BCUT2D eigenvalue weighted by Crippen LogP contribution is -2.53. The van der Waals surface area contributed by atoms with Crippen LogP contribution in [0.2, 0.25) is 0 Å². The zero-order chi connectivity index (χ0) is 19.9. The van der Waals surface area contributed by atoms with Crippen molar-refractivity contribution in [3.8, 4) is 0 Å². The molecule has 1 saturated heterocycles. The van der Waals surface area contributed by atoms with Crippen LogP contribution in [-0.2, 0) is 4.79 Å². The summed E-state index contributed by atoms with van der Waals surface area (Å²) in [6.45, 7) is 15.3. The number of hydrogen-bond donors (Lipinski definition) is 0. The summed E-state index contributed by atoms with van der Waals surface area (Å²) in [4.78, 5) is 22.0. The quantitative estimate of drug-likeness (QED) is 0.402. The van der Waals surface area contributed by atoms with Crippen molar-refractivity contribution < 1.29 is 4.79 Å². The average molecular weight is 376 g/mol. The van der Waals surface area contributed by atoms with Crippen molar-refractivity contribution in [3.63, 3.8) is 0 Å². The number of hydrogen-bond acceptors (Lipinski definition) is 3. The Bertz CT molecular complexity index is 518. The number of likely N-dealkylation sites (tertiary alicyclic amines) is 1. The van der Waals surface area contributed by atoms with Crippen LogP contribution in [0.25, 0.3) is 0 Å². The molecule has 0 aromatic carbocycles. The SMILES string of the molecule is C=NC1(C(=C)N(C)CCCCC)CCCN(C(=O)C2CCC(CCC)C2)C1. The van der Waals surface area contributed by atoms with Gasteiger partial charge in [0.1, 0.15) is 5.54 Å². The molecule has 1 heterocycles. The van der Waals surface area contributed by atoms with Gasteiger partial charge in [-0.2, -0.15) is 0 Å². The van der Waals surface area contributed by atoms with Gasteiger partial charge in [-0.15, -0.1) is 0 Å². The molecule has 2 fully saturated rings. The Morgan fingerprint density at radius 2 is 2.04 bits per heavy atom. The first-order valence-corrected chi connectivity index (χ1v) is 11.1. The van der Waals surface area contributed by atoms with Crippen LogP contribution in [0.1, 0.15) is 78.1 Å². The molecule has 1 aliphatic heterocycles. The van der Waals surface area contributed by atoms with E-state index >= 15 is 0 Å². The highest BCUT2D eigenvalue weighted by molar-refractivity contribution is 5.79. The van der Waals surface area contributed by atoms with Crippen LogP contribution in [0.3, 0.4) is 0 Å². The van der Waals surface area contributed by atoms with Gasteiger partial charge in [0.2, 0.25) is 5.91 Å². The molecule has 4 nitrogen and oxygen atoms in total. The second-order valence-electron chi connectivity index (χ2n) is 8.79. The number of carbonyl (C=O) groups is 1. The fourth-order valence-electron chi connectivity index (χ4n) is 5.00. The van der Waals surface area contributed by atoms with Gasteiger partial charge in [0.15, 0.2) is 0 Å². The Balaban J connectivity index is 2.00. The molecule has 0 bridgehead atoms. The normalized spacial score (nSPS) is 28.2. The minimum absolute atomic E-state index is 0.220. The van der Waals surface area contributed by atoms with Crippen molar-refractivity contribution in [1.82, 2.24) is 9.80 Å². The van der Waals surface area contributed by atoms with Gasteiger partial charge in [-0.1, -0.05) is 46.1 Å². The molecule has 0 N–H and O–H groups in total. The highest BCUT2D eigenvalue weighted by Crippen LogP contribution is 2.38. The van der Waals surface area contributed by atoms with Crippen LogP contribution >= 0.6 is 0 Å². The monoisotopic (exact) mass is 375 g/mol. The maximum Gasteiger partial charge on any atom is 0.225 e. The van der Waals surface area contributed by atoms with Crippen molar-refractivity contribution in [2.75, 3.05) is 26.7 Å². The summed E-state index contributed by atoms with van der Waals surface area (Å²) in [5.41, 5.74) is 0.623. The van der Waals surface area contributed by atoms with Crippen LogP contribution in [0, 0.1) is 11.8 Å². The van der Waals surface area contributed by atoms with Gasteiger partial charge in [-0.3, -0.25) is 9.79 Å². The molecule has 2 rings (SSSR count). The fraction of sp³-hybridized carbons (Fsp3) is 0.826. The Morgan fingerprint density at radius 3 is 2.70 bits per heavy atom. The smallest absolute Gasteiger partial charge is 0.225 e. The summed E-state index contributed by atoms with van der Waals surface area (Å²) in [5.74, 6) is 1.32. The third-order valence-corrected chi connectivity index (χ3v) is 6.77. The molecule has 3 atom stereocenters. The first-order chi connectivity index (χ1) is 13.0. The van der Waals surface area contributed by atoms with Gasteiger partial charge in [0.25, 0.3) is 0 Å². The van der Waals surface area contributed by atoms with Gasteiger partial charge in [0, 0.05) is 31.8 Å². The number of piperidine rings is 1. The molecule has 0 aromatic rings. The van der Waals surface area contributed by atoms with Gasteiger partial charge < -0.3 is 9.80 Å². The van der Waals surface area contributed by atoms with E-state index in [9.17, 15) is 4.79 Å². The van der Waals surface area contributed by atoms with Crippen molar-refractivity contribution >= 4 is 12.6 Å². The van der Waals surface area contributed by atoms with Crippen LogP contribution in [0.15, 0.2) is 17.3 Å². The summed E-state index contributed by atoms with van der Waals surface area (Å²) >= 11 is 0. The van der Waals surface area contributed by atoms with E-state index in [0.717, 1.165) is 50.4 Å². The first-order valence-electron chi connectivity index (χ1n) is 11.1. The predicted octanol–water partition coefficient (Wildman–Crippen LogP) is 4.90. The molecule has 2 aliphatic rings. The van der Waals surface area contributed by atoms with Crippen LogP contribution in [-0.4, -0.2) is 54.6 Å². The topological polar surface area (TPSA) is 35.9 Å². The predicted molar refractivity (Wildman–Crippen MR) is 115 cm³/mol. The average Bonchev–Trinajstić information content (AvgIpc) is 3.15. The van der Waals surface area contributed by atoms with Crippen LogP contribution in [0.5, 0.6) is 0 Å². The maximum atomic E-state index is 13.2. The number of rotatable bonds is 10. The molecule has 0 spiro atoms. The number of amides is 1. The van der Waals surface area contributed by atoms with E-state index in [1.165, 1.54) is 38.5 Å². The van der Waals surface area contributed by atoms with Crippen molar-refractivity contribution in [2.45, 2.75) is 83.6 Å². The Kier molecular flexibility index (Phi) is 8.37. The number of carbonyl (C=O) groups excluding carboxylic acids is 1. The van der Waals surface area contributed by atoms with Gasteiger partial charge >= 0.3 is 0 Å². The lowest BCUT2D eigenvalue weighted by Gasteiger charge is -2.44. The van der Waals surface area contributed by atoms with E-state index in [1.54, 1.807) is 0 Å². The van der Waals surface area contributed by atoms with Crippen molar-refractivity contribution in [2.24, 2.45) is 16.8 Å². The zero-order valence-corrected chi connectivity index (χ0v) is 18.0. The molecule has 1 aliphatic carbocycles. The number of nitrogens with zero attached hydrogens (tertiary/aromatic N) is 3. The molecular weight excluding hydrogens is 334 g/mol. The number of likely N-dealkylation sites (N-methyl/N-ethyl adjacent to an activating group) is 1. The van der Waals surface area contributed by atoms with E-state index in [2.05, 4.69) is 49.0 Å². The van der Waals surface area contributed by atoms with Crippen molar-refractivity contribution in [1.29, 1.82) is 0 Å². The molecule has 1 amide bonds. The number of unbranched alkanes of at least 4 members (excludes halogenated alkanes) is 2. The molecule has 1 saturated carbocycles. The molecule has 27 heavy (non-hydrogen) atoms. The highest BCUT2D eigenvalue weighted by atomic mass is 16.2. The maximum absolute atomic E-state index is 13.2. The minimum atomic E-state index is -0.406. The standard InChI is InChI=1S/C23H41N3O/c1-6-8-9-15-25(5)19(3)23(24-4)14-10-16-26(18-23)22(27)21-13-12-20(17-21)11-7-2/h20-21H,3-4,6-18H2,1-2,5H3. The van der Waals surface area contributed by atoms with E-state index in [0.29, 0.717) is 12.5 Å². The second-order valence-corrected chi connectivity index (χ2v) is 8.79. The molecule has 154 valence electrons. The van der Waals surface area contributed by atoms with Gasteiger partial charge in [0.05, 0.1) is 6.54 Å². The summed E-state index contributed by atoms with van der Waals surface area (Å²) in [7, 11) is 2.11. The van der Waals surface area contributed by atoms with Crippen LogP contribution in [0.4, 0.5) is 0 Å². The molecule has 4 heteroatoms. The van der Waals surface area contributed by atoms with E-state index in [4.69, 9.17) is 0 Å². The third kappa shape index (κ3) is 5.36. The first kappa shape index (κ1) is 22.0. The summed E-state index contributed by atoms with van der Waals surface area (Å²) in [6, 6.07) is 0. The summed E-state index contributed by atoms with van der Waals surface area (Å²) < 4.78 is 0. The second kappa shape index (κ2) is 10.3. The molecule has 3 unspecified atom stereocenters. The van der Waals surface area contributed by atoms with Crippen molar-refractivity contribution in [3.05, 3.63) is 12.3 Å². The Hall–Kier alpha value is -1.32. The lowest BCUT2D eigenvalue weighted by molar-refractivity contribution is -0.137. The zero-order valence-electron chi connectivity index (χ0n) is 18.0. The van der Waals surface area contributed by atoms with E-state index < -0.39 is 5.54 Å². The Labute approximate surface area is 167 Å². The van der Waals surface area contributed by atoms with Gasteiger partial charge in [-0.05, 0) is 51.2 Å². The summed E-state index contributed by atoms with van der Waals surface area (Å²) in [5, 5.41) is 0. The highest BCUT2D eigenvalue weighted by Gasteiger charge is 2.42. The fourth-order valence-corrected chi connectivity index (χ4v) is 5.00. The minimum Gasteiger partial charge on any atom is -0.376 e. The van der Waals surface area contributed by atoms with E-state index in [-0.39, 0.29) is 5.92 Å². The molecular formula is C23H41N3O. The van der Waals surface area contributed by atoms with E-state index in [1.807, 2.05) is 0 Å².